The van der Waals surface area contributed by atoms with E-state index in [0.717, 1.165) is 22.3 Å². The van der Waals surface area contributed by atoms with Crippen molar-refractivity contribution in [3.8, 4) is 0 Å². The molecular formula is C15H14Br2N2O2. The van der Waals surface area contributed by atoms with Gasteiger partial charge in [-0.25, -0.2) is 0 Å². The number of nitro benzene ring substituents is 1. The third-order valence-corrected chi connectivity index (χ3v) is 4.57. The van der Waals surface area contributed by atoms with Crippen LogP contribution in [0.4, 0.5) is 11.4 Å². The molecule has 0 saturated carbocycles. The van der Waals surface area contributed by atoms with Gasteiger partial charge in [-0.2, -0.15) is 0 Å². The van der Waals surface area contributed by atoms with E-state index in [2.05, 4.69) is 42.8 Å². The molecule has 0 unspecified atom stereocenters. The standard InChI is InChI=1S/C15H14Br2N2O2/c1-18(10-11-4-2-3-5-14(11)17)15-7-6-13(19(20)21)8-12(15)9-16/h2-8H,9-10H2,1H3. The Labute approximate surface area is 140 Å². The third kappa shape index (κ3) is 3.83. The van der Waals surface area contributed by atoms with E-state index in [-0.39, 0.29) is 10.6 Å². The molecule has 0 bridgehead atoms. The molecule has 4 nitrogen and oxygen atoms in total. The van der Waals surface area contributed by atoms with Crippen LogP contribution in [0.2, 0.25) is 0 Å². The van der Waals surface area contributed by atoms with E-state index in [1.807, 2.05) is 25.2 Å². The van der Waals surface area contributed by atoms with Gasteiger partial charge in [0.2, 0.25) is 0 Å². The number of non-ortho nitro benzene ring substituents is 1. The molecule has 0 atom stereocenters. The molecule has 0 aliphatic rings. The van der Waals surface area contributed by atoms with Crippen molar-refractivity contribution in [3.05, 3.63) is 68.2 Å². The molecule has 0 aromatic heterocycles. The number of hydrogen-bond acceptors (Lipinski definition) is 3. The highest BCUT2D eigenvalue weighted by atomic mass is 79.9. The molecule has 0 radical (unpaired) electrons. The van der Waals surface area contributed by atoms with Crippen LogP contribution in [0.1, 0.15) is 11.1 Å². The largest absolute Gasteiger partial charge is 0.370 e. The Morgan fingerprint density at radius 1 is 1.19 bits per heavy atom. The summed E-state index contributed by atoms with van der Waals surface area (Å²) in [4.78, 5) is 12.6. The van der Waals surface area contributed by atoms with Gasteiger partial charge < -0.3 is 4.90 Å². The fourth-order valence-corrected chi connectivity index (χ4v) is 2.99. The van der Waals surface area contributed by atoms with Gasteiger partial charge in [-0.3, -0.25) is 10.1 Å². The van der Waals surface area contributed by atoms with Crippen LogP contribution in [0.5, 0.6) is 0 Å². The molecule has 0 fully saturated rings. The molecule has 2 aromatic carbocycles. The van der Waals surface area contributed by atoms with Crippen LogP contribution in [-0.4, -0.2) is 12.0 Å². The van der Waals surface area contributed by atoms with Gasteiger partial charge in [-0.1, -0.05) is 50.1 Å². The van der Waals surface area contributed by atoms with Gasteiger partial charge in [0.15, 0.2) is 0 Å². The summed E-state index contributed by atoms with van der Waals surface area (Å²) >= 11 is 6.94. The maximum atomic E-state index is 10.9. The molecule has 2 rings (SSSR count). The first kappa shape index (κ1) is 16.0. The summed E-state index contributed by atoms with van der Waals surface area (Å²) in [5.74, 6) is 0. The van der Waals surface area contributed by atoms with E-state index in [0.29, 0.717) is 5.33 Å². The molecule has 2 aromatic rings. The van der Waals surface area contributed by atoms with E-state index in [9.17, 15) is 10.1 Å². The SMILES string of the molecule is CN(Cc1ccccc1Br)c1ccc([N+](=O)[O-])cc1CBr. The minimum atomic E-state index is -0.371. The van der Waals surface area contributed by atoms with Crippen molar-refractivity contribution in [3.63, 3.8) is 0 Å². The average molecular weight is 414 g/mol. The molecule has 0 spiro atoms. The Morgan fingerprint density at radius 3 is 2.52 bits per heavy atom. The van der Waals surface area contributed by atoms with Crippen LogP contribution >= 0.6 is 31.9 Å². The first-order valence-corrected chi connectivity index (χ1v) is 8.22. The summed E-state index contributed by atoms with van der Waals surface area (Å²) in [5, 5.41) is 11.4. The second kappa shape index (κ2) is 7.04. The highest BCUT2D eigenvalue weighted by Crippen LogP contribution is 2.28. The molecule has 0 N–H and O–H groups in total. The van der Waals surface area contributed by atoms with Gasteiger partial charge in [0, 0.05) is 41.2 Å². The Balaban J connectivity index is 2.29. The van der Waals surface area contributed by atoms with Crippen molar-refractivity contribution in [1.29, 1.82) is 0 Å². The molecule has 6 heteroatoms. The normalized spacial score (nSPS) is 10.4. The lowest BCUT2D eigenvalue weighted by atomic mass is 10.1. The van der Waals surface area contributed by atoms with E-state index < -0.39 is 0 Å². The predicted molar refractivity (Wildman–Crippen MR) is 92.0 cm³/mol. The Bertz CT molecular complexity index is 662. The Morgan fingerprint density at radius 2 is 1.90 bits per heavy atom. The van der Waals surface area contributed by atoms with Crippen molar-refractivity contribution in [1.82, 2.24) is 0 Å². The fourth-order valence-electron chi connectivity index (χ4n) is 2.13. The lowest BCUT2D eigenvalue weighted by molar-refractivity contribution is -0.384. The summed E-state index contributed by atoms with van der Waals surface area (Å²) in [5.41, 5.74) is 3.16. The van der Waals surface area contributed by atoms with Gasteiger partial charge in [0.05, 0.1) is 4.92 Å². The zero-order chi connectivity index (χ0) is 15.4. The lowest BCUT2D eigenvalue weighted by Gasteiger charge is -2.22. The molecule has 110 valence electrons. The summed E-state index contributed by atoms with van der Waals surface area (Å²) in [6.45, 7) is 0.721. The number of nitrogens with zero attached hydrogens (tertiary/aromatic N) is 2. The smallest absolute Gasteiger partial charge is 0.269 e. The van der Waals surface area contributed by atoms with Crippen molar-refractivity contribution in [2.24, 2.45) is 0 Å². The Hall–Kier alpha value is -1.40. The predicted octanol–water partition coefficient (Wildman–Crippen LogP) is 4.89. The first-order valence-electron chi connectivity index (χ1n) is 6.30. The number of nitro groups is 1. The molecule has 0 saturated heterocycles. The highest BCUT2D eigenvalue weighted by Gasteiger charge is 2.13. The monoisotopic (exact) mass is 412 g/mol. The average Bonchev–Trinajstić information content (AvgIpc) is 2.48. The first-order chi connectivity index (χ1) is 10.0. The summed E-state index contributed by atoms with van der Waals surface area (Å²) < 4.78 is 1.05. The van der Waals surface area contributed by atoms with Gasteiger partial charge in [0.25, 0.3) is 5.69 Å². The van der Waals surface area contributed by atoms with Crippen molar-refractivity contribution in [2.45, 2.75) is 11.9 Å². The molecule has 0 amide bonds. The number of rotatable bonds is 5. The summed E-state index contributed by atoms with van der Waals surface area (Å²) in [7, 11) is 1.98. The summed E-state index contributed by atoms with van der Waals surface area (Å²) in [6, 6.07) is 13.0. The molecular weight excluding hydrogens is 400 g/mol. The maximum absolute atomic E-state index is 10.9. The minimum absolute atomic E-state index is 0.113. The van der Waals surface area contributed by atoms with Gasteiger partial charge in [-0.15, -0.1) is 0 Å². The molecule has 0 aliphatic heterocycles. The van der Waals surface area contributed by atoms with E-state index >= 15 is 0 Å². The number of anilines is 1. The van der Waals surface area contributed by atoms with Crippen LogP contribution in [0.15, 0.2) is 46.9 Å². The number of halogens is 2. The van der Waals surface area contributed by atoms with E-state index in [1.54, 1.807) is 12.1 Å². The third-order valence-electron chi connectivity index (χ3n) is 3.19. The number of alkyl halides is 1. The molecule has 0 heterocycles. The number of hydrogen-bond donors (Lipinski definition) is 0. The lowest BCUT2D eigenvalue weighted by Crippen LogP contribution is -2.18. The fraction of sp³-hybridized carbons (Fsp3) is 0.200. The van der Waals surface area contributed by atoms with Crippen LogP contribution in [0.25, 0.3) is 0 Å². The van der Waals surface area contributed by atoms with Crippen LogP contribution < -0.4 is 4.90 Å². The molecule has 0 aliphatic carbocycles. The topological polar surface area (TPSA) is 46.4 Å². The quantitative estimate of drug-likeness (QED) is 0.398. The minimum Gasteiger partial charge on any atom is -0.370 e. The van der Waals surface area contributed by atoms with Crippen LogP contribution in [0.3, 0.4) is 0 Å². The van der Waals surface area contributed by atoms with Crippen molar-refractivity contribution >= 4 is 43.2 Å². The summed E-state index contributed by atoms with van der Waals surface area (Å²) in [6.07, 6.45) is 0. The number of benzene rings is 2. The van der Waals surface area contributed by atoms with E-state index in [1.165, 1.54) is 11.6 Å². The zero-order valence-corrected chi connectivity index (χ0v) is 14.6. The van der Waals surface area contributed by atoms with Gasteiger partial charge >= 0.3 is 0 Å². The highest BCUT2D eigenvalue weighted by molar-refractivity contribution is 9.10. The van der Waals surface area contributed by atoms with Crippen LogP contribution in [-0.2, 0) is 11.9 Å². The van der Waals surface area contributed by atoms with Gasteiger partial charge in [-0.05, 0) is 23.3 Å². The van der Waals surface area contributed by atoms with Crippen LogP contribution in [0, 0.1) is 10.1 Å². The maximum Gasteiger partial charge on any atom is 0.269 e. The van der Waals surface area contributed by atoms with E-state index in [4.69, 9.17) is 0 Å². The van der Waals surface area contributed by atoms with Crippen molar-refractivity contribution in [2.75, 3.05) is 11.9 Å². The van der Waals surface area contributed by atoms with Gasteiger partial charge in [0.1, 0.15) is 0 Å². The van der Waals surface area contributed by atoms with Crippen molar-refractivity contribution < 1.29 is 4.92 Å². The second-order valence-corrected chi connectivity index (χ2v) is 6.07. The molecule has 21 heavy (non-hydrogen) atoms. The Kier molecular flexibility index (Phi) is 5.36. The zero-order valence-electron chi connectivity index (χ0n) is 11.4. The second-order valence-electron chi connectivity index (χ2n) is 4.65.